The van der Waals surface area contributed by atoms with Gasteiger partial charge >= 0.3 is 0 Å². The maximum absolute atomic E-state index is 11.9. The molecule has 0 saturated heterocycles. The molecule has 0 amide bonds. The zero-order valence-corrected chi connectivity index (χ0v) is 9.14. The van der Waals surface area contributed by atoms with Crippen LogP contribution in [0.25, 0.3) is 10.9 Å². The summed E-state index contributed by atoms with van der Waals surface area (Å²) in [6, 6.07) is 9.47. The third kappa shape index (κ3) is 2.09. The van der Waals surface area contributed by atoms with E-state index in [1.54, 1.807) is 13.3 Å². The van der Waals surface area contributed by atoms with Crippen LogP contribution in [-0.2, 0) is 4.74 Å². The summed E-state index contributed by atoms with van der Waals surface area (Å²) >= 11 is 0. The van der Waals surface area contributed by atoms with Gasteiger partial charge in [0.1, 0.15) is 0 Å². The molecule has 0 bridgehead atoms. The van der Waals surface area contributed by atoms with Crippen molar-refractivity contribution in [2.24, 2.45) is 0 Å². The van der Waals surface area contributed by atoms with Crippen molar-refractivity contribution in [2.45, 2.75) is 6.42 Å². The monoisotopic (exact) mass is 215 g/mol. The average Bonchev–Trinajstić information content (AvgIpc) is 2.35. The van der Waals surface area contributed by atoms with Crippen molar-refractivity contribution in [1.29, 1.82) is 0 Å². The summed E-state index contributed by atoms with van der Waals surface area (Å²) in [5.74, 6) is 0.0751. The summed E-state index contributed by atoms with van der Waals surface area (Å²) in [5.41, 5.74) is 1.45. The van der Waals surface area contributed by atoms with Gasteiger partial charge in [0.15, 0.2) is 5.78 Å². The number of ether oxygens (including phenoxy) is 1. The van der Waals surface area contributed by atoms with Crippen LogP contribution in [0.15, 0.2) is 36.5 Å². The van der Waals surface area contributed by atoms with E-state index in [4.69, 9.17) is 4.74 Å². The molecule has 1 aromatic carbocycles. The van der Waals surface area contributed by atoms with E-state index in [9.17, 15) is 4.79 Å². The molecule has 0 aliphatic rings. The number of pyridine rings is 1. The van der Waals surface area contributed by atoms with Crippen LogP contribution >= 0.6 is 0 Å². The van der Waals surface area contributed by atoms with Crippen LogP contribution in [0.1, 0.15) is 16.8 Å². The van der Waals surface area contributed by atoms with Crippen molar-refractivity contribution in [3.8, 4) is 0 Å². The van der Waals surface area contributed by atoms with Crippen molar-refractivity contribution in [3.05, 3.63) is 42.1 Å². The Labute approximate surface area is 94.1 Å². The van der Waals surface area contributed by atoms with E-state index in [1.165, 1.54) is 0 Å². The predicted molar refractivity (Wildman–Crippen MR) is 62.6 cm³/mol. The number of hydrogen-bond donors (Lipinski definition) is 0. The normalized spacial score (nSPS) is 10.6. The van der Waals surface area contributed by atoms with Crippen molar-refractivity contribution in [2.75, 3.05) is 13.7 Å². The summed E-state index contributed by atoms with van der Waals surface area (Å²) in [6.45, 7) is 0.446. The van der Waals surface area contributed by atoms with Gasteiger partial charge in [-0.2, -0.15) is 0 Å². The first-order valence-corrected chi connectivity index (χ1v) is 5.19. The van der Waals surface area contributed by atoms with Crippen molar-refractivity contribution in [3.63, 3.8) is 0 Å². The maximum atomic E-state index is 11.9. The summed E-state index contributed by atoms with van der Waals surface area (Å²) in [5, 5.41) is 0.991. The van der Waals surface area contributed by atoms with E-state index in [0.717, 1.165) is 10.9 Å². The molecule has 2 rings (SSSR count). The second kappa shape index (κ2) is 4.86. The number of benzene rings is 1. The molecule has 2 aromatic rings. The topological polar surface area (TPSA) is 39.2 Å². The fraction of sp³-hybridized carbons (Fsp3) is 0.231. The highest BCUT2D eigenvalue weighted by atomic mass is 16.5. The van der Waals surface area contributed by atoms with Gasteiger partial charge in [-0.1, -0.05) is 18.2 Å². The van der Waals surface area contributed by atoms with Crippen LogP contribution in [0.4, 0.5) is 0 Å². The summed E-state index contributed by atoms with van der Waals surface area (Å²) in [7, 11) is 1.59. The van der Waals surface area contributed by atoms with E-state index in [1.807, 2.05) is 30.3 Å². The molecule has 0 fully saturated rings. The van der Waals surface area contributed by atoms with Crippen LogP contribution in [0.3, 0.4) is 0 Å². The second-order valence-electron chi connectivity index (χ2n) is 3.55. The van der Waals surface area contributed by atoms with Gasteiger partial charge < -0.3 is 4.74 Å². The van der Waals surface area contributed by atoms with E-state index >= 15 is 0 Å². The number of carbonyl (C=O) groups excluding carboxylic acids is 1. The Morgan fingerprint density at radius 1 is 1.31 bits per heavy atom. The quantitative estimate of drug-likeness (QED) is 0.735. The highest BCUT2D eigenvalue weighted by Gasteiger charge is 2.09. The first-order valence-electron chi connectivity index (χ1n) is 5.19. The Kier molecular flexibility index (Phi) is 3.27. The number of carbonyl (C=O) groups is 1. The number of fused-ring (bicyclic) bond motifs is 1. The molecule has 82 valence electrons. The minimum absolute atomic E-state index is 0.0751. The van der Waals surface area contributed by atoms with E-state index in [0.29, 0.717) is 18.6 Å². The van der Waals surface area contributed by atoms with E-state index in [-0.39, 0.29) is 5.78 Å². The van der Waals surface area contributed by atoms with Crippen LogP contribution < -0.4 is 0 Å². The summed E-state index contributed by atoms with van der Waals surface area (Å²) < 4.78 is 4.90. The number of aromatic nitrogens is 1. The lowest BCUT2D eigenvalue weighted by Gasteiger charge is -2.04. The van der Waals surface area contributed by atoms with Crippen molar-refractivity contribution < 1.29 is 9.53 Å². The van der Waals surface area contributed by atoms with Gasteiger partial charge in [0.2, 0.25) is 0 Å². The smallest absolute Gasteiger partial charge is 0.167 e. The molecule has 3 heteroatoms. The highest BCUT2D eigenvalue weighted by Crippen LogP contribution is 2.17. The van der Waals surface area contributed by atoms with Crippen LogP contribution in [-0.4, -0.2) is 24.5 Å². The number of para-hydroxylation sites is 1. The number of Topliss-reactive ketones (excluding diaryl/α,β-unsaturated/α-hetero) is 1. The number of rotatable bonds is 4. The molecule has 0 aliphatic carbocycles. The fourth-order valence-corrected chi connectivity index (χ4v) is 1.66. The average molecular weight is 215 g/mol. The Morgan fingerprint density at radius 2 is 2.12 bits per heavy atom. The molecule has 0 unspecified atom stereocenters. The summed E-state index contributed by atoms with van der Waals surface area (Å²) in [6.07, 6.45) is 2.10. The Morgan fingerprint density at radius 3 is 2.94 bits per heavy atom. The second-order valence-corrected chi connectivity index (χ2v) is 3.55. The first-order chi connectivity index (χ1) is 7.83. The maximum Gasteiger partial charge on any atom is 0.167 e. The van der Waals surface area contributed by atoms with Crippen LogP contribution in [0.5, 0.6) is 0 Å². The lowest BCUT2D eigenvalue weighted by molar-refractivity contribution is 0.0933. The minimum Gasteiger partial charge on any atom is -0.384 e. The molecule has 0 radical (unpaired) electrons. The van der Waals surface area contributed by atoms with Crippen molar-refractivity contribution >= 4 is 16.7 Å². The molecule has 0 spiro atoms. The first kappa shape index (κ1) is 10.8. The Hall–Kier alpha value is -1.74. The number of hydrogen-bond acceptors (Lipinski definition) is 3. The standard InChI is InChI=1S/C13H13NO2/c1-16-9-7-12(15)11-6-2-4-10-5-3-8-14-13(10)11/h2-6,8H,7,9H2,1H3. The molecular weight excluding hydrogens is 202 g/mol. The van der Waals surface area contributed by atoms with Gasteiger partial charge in [-0.3, -0.25) is 9.78 Å². The zero-order valence-electron chi connectivity index (χ0n) is 9.14. The molecule has 16 heavy (non-hydrogen) atoms. The van der Waals surface area contributed by atoms with Crippen LogP contribution in [0.2, 0.25) is 0 Å². The van der Waals surface area contributed by atoms with Gasteiger partial charge in [-0.25, -0.2) is 0 Å². The van der Waals surface area contributed by atoms with Gasteiger partial charge in [0.25, 0.3) is 0 Å². The summed E-state index contributed by atoms with van der Waals surface area (Å²) in [4.78, 5) is 16.1. The molecule has 1 aromatic heterocycles. The zero-order chi connectivity index (χ0) is 11.4. The number of methoxy groups -OCH3 is 1. The predicted octanol–water partition coefficient (Wildman–Crippen LogP) is 2.45. The molecular formula is C13H13NO2. The van der Waals surface area contributed by atoms with Gasteiger partial charge in [-0.15, -0.1) is 0 Å². The number of ketones is 1. The SMILES string of the molecule is COCCC(=O)c1cccc2cccnc12. The molecule has 0 N–H and O–H groups in total. The fourth-order valence-electron chi connectivity index (χ4n) is 1.66. The largest absolute Gasteiger partial charge is 0.384 e. The molecule has 0 atom stereocenters. The Bertz CT molecular complexity index is 503. The molecule has 1 heterocycles. The van der Waals surface area contributed by atoms with Gasteiger partial charge in [-0.05, 0) is 12.1 Å². The Balaban J connectivity index is 2.40. The highest BCUT2D eigenvalue weighted by molar-refractivity contribution is 6.06. The lowest BCUT2D eigenvalue weighted by atomic mass is 10.0. The number of nitrogens with zero attached hydrogens (tertiary/aromatic N) is 1. The van der Waals surface area contributed by atoms with E-state index < -0.39 is 0 Å². The van der Waals surface area contributed by atoms with E-state index in [2.05, 4.69) is 4.98 Å². The third-order valence-electron chi connectivity index (χ3n) is 2.47. The van der Waals surface area contributed by atoms with Gasteiger partial charge in [0.05, 0.1) is 12.1 Å². The van der Waals surface area contributed by atoms with Crippen molar-refractivity contribution in [1.82, 2.24) is 4.98 Å². The third-order valence-corrected chi connectivity index (χ3v) is 2.47. The minimum atomic E-state index is 0.0751. The van der Waals surface area contributed by atoms with Crippen LogP contribution in [0, 0.1) is 0 Å². The van der Waals surface area contributed by atoms with Gasteiger partial charge in [0, 0.05) is 30.7 Å². The molecule has 0 aliphatic heterocycles. The lowest BCUT2D eigenvalue weighted by Crippen LogP contribution is -2.04. The molecule has 3 nitrogen and oxygen atoms in total. The molecule has 0 saturated carbocycles.